The first-order valence-electron chi connectivity index (χ1n) is 7.34. The van der Waals surface area contributed by atoms with Gasteiger partial charge in [0.1, 0.15) is 0 Å². The lowest BCUT2D eigenvalue weighted by molar-refractivity contribution is 0.0694. The second kappa shape index (κ2) is 6.78. The number of aromatic carboxylic acids is 1. The van der Waals surface area contributed by atoms with Crippen molar-refractivity contribution >= 4 is 11.7 Å². The van der Waals surface area contributed by atoms with Crippen LogP contribution in [-0.2, 0) is 5.41 Å². The van der Waals surface area contributed by atoms with Crippen molar-refractivity contribution in [2.75, 3.05) is 19.0 Å². The Balaban J connectivity index is 3.17. The molecule has 0 spiro atoms. The van der Waals surface area contributed by atoms with Crippen LogP contribution in [-0.4, -0.2) is 25.2 Å². The van der Waals surface area contributed by atoms with E-state index in [0.29, 0.717) is 5.56 Å². The first-order valence-corrected chi connectivity index (χ1v) is 7.34. The third kappa shape index (κ3) is 3.99. The lowest BCUT2D eigenvalue weighted by Crippen LogP contribution is -2.22. The first kappa shape index (κ1) is 16.5. The average molecular weight is 277 g/mol. The minimum Gasteiger partial charge on any atom is -0.478 e. The fourth-order valence-electron chi connectivity index (χ4n) is 2.51. The van der Waals surface area contributed by atoms with Gasteiger partial charge in [0.25, 0.3) is 0 Å². The highest BCUT2D eigenvalue weighted by molar-refractivity contribution is 5.90. The molecule has 0 saturated carbocycles. The van der Waals surface area contributed by atoms with Gasteiger partial charge in [0.2, 0.25) is 0 Å². The number of anilines is 1. The summed E-state index contributed by atoms with van der Waals surface area (Å²) >= 11 is 0. The van der Waals surface area contributed by atoms with Crippen molar-refractivity contribution in [3.05, 3.63) is 29.3 Å². The maximum atomic E-state index is 11.5. The molecule has 20 heavy (non-hydrogen) atoms. The van der Waals surface area contributed by atoms with E-state index < -0.39 is 5.97 Å². The van der Waals surface area contributed by atoms with Gasteiger partial charge in [0, 0.05) is 19.8 Å². The SMILES string of the molecule is CCCCCC(C)(C)c1cc(N(C)C)ccc1C(=O)O. The van der Waals surface area contributed by atoms with Gasteiger partial charge in [-0.05, 0) is 35.6 Å². The zero-order valence-electron chi connectivity index (χ0n) is 13.4. The third-order valence-corrected chi connectivity index (χ3v) is 3.88. The van der Waals surface area contributed by atoms with Gasteiger partial charge in [-0.2, -0.15) is 0 Å². The van der Waals surface area contributed by atoms with Gasteiger partial charge in [-0.15, -0.1) is 0 Å². The Morgan fingerprint density at radius 2 is 1.90 bits per heavy atom. The molecule has 3 heteroatoms. The van der Waals surface area contributed by atoms with Crippen LogP contribution in [0.15, 0.2) is 18.2 Å². The number of carbonyl (C=O) groups is 1. The topological polar surface area (TPSA) is 40.5 Å². The molecule has 1 N–H and O–H groups in total. The van der Waals surface area contributed by atoms with Gasteiger partial charge < -0.3 is 10.0 Å². The predicted molar refractivity (Wildman–Crippen MR) is 84.9 cm³/mol. The lowest BCUT2D eigenvalue weighted by Gasteiger charge is -2.28. The number of hydrogen-bond donors (Lipinski definition) is 1. The van der Waals surface area contributed by atoms with Crippen molar-refractivity contribution < 1.29 is 9.90 Å². The first-order chi connectivity index (χ1) is 9.29. The van der Waals surface area contributed by atoms with E-state index in [9.17, 15) is 9.90 Å². The summed E-state index contributed by atoms with van der Waals surface area (Å²) in [4.78, 5) is 13.5. The number of carboxylic acid groups (broad SMARTS) is 1. The Bertz CT molecular complexity index is 464. The summed E-state index contributed by atoms with van der Waals surface area (Å²) in [7, 11) is 3.95. The molecular weight excluding hydrogens is 250 g/mol. The quantitative estimate of drug-likeness (QED) is 0.755. The molecule has 0 radical (unpaired) electrons. The smallest absolute Gasteiger partial charge is 0.335 e. The molecule has 1 aromatic carbocycles. The second-order valence-electron chi connectivity index (χ2n) is 6.27. The molecule has 0 atom stereocenters. The zero-order valence-corrected chi connectivity index (χ0v) is 13.4. The number of unbranched alkanes of at least 4 members (excludes halogenated alkanes) is 2. The Labute approximate surface area is 122 Å². The van der Waals surface area contributed by atoms with Crippen LogP contribution in [0.4, 0.5) is 5.69 Å². The standard InChI is InChI=1S/C17H27NO2/c1-6-7-8-11-17(2,3)15-12-13(18(4)5)9-10-14(15)16(19)20/h9-10,12H,6-8,11H2,1-5H3,(H,19,20). The van der Waals surface area contributed by atoms with Crippen LogP contribution in [0.2, 0.25) is 0 Å². The molecule has 0 saturated heterocycles. The van der Waals surface area contributed by atoms with Gasteiger partial charge in [-0.1, -0.05) is 40.0 Å². The summed E-state index contributed by atoms with van der Waals surface area (Å²) in [5, 5.41) is 9.42. The zero-order chi connectivity index (χ0) is 15.3. The second-order valence-corrected chi connectivity index (χ2v) is 6.27. The predicted octanol–water partition coefficient (Wildman–Crippen LogP) is 4.31. The molecule has 0 unspecified atom stereocenters. The highest BCUT2D eigenvalue weighted by Crippen LogP contribution is 2.34. The van der Waals surface area contributed by atoms with E-state index in [2.05, 4.69) is 20.8 Å². The van der Waals surface area contributed by atoms with Gasteiger partial charge in [0.05, 0.1) is 5.56 Å². The van der Waals surface area contributed by atoms with Crippen LogP contribution in [0.5, 0.6) is 0 Å². The minimum absolute atomic E-state index is 0.116. The summed E-state index contributed by atoms with van der Waals surface area (Å²) in [6.07, 6.45) is 4.52. The van der Waals surface area contributed by atoms with Crippen molar-refractivity contribution in [1.82, 2.24) is 0 Å². The largest absolute Gasteiger partial charge is 0.478 e. The number of nitrogens with zero attached hydrogens (tertiary/aromatic N) is 1. The van der Waals surface area contributed by atoms with Gasteiger partial charge >= 0.3 is 5.97 Å². The number of rotatable bonds is 7. The number of benzene rings is 1. The molecular formula is C17H27NO2. The molecule has 0 aliphatic rings. The minimum atomic E-state index is -0.839. The molecule has 0 aliphatic carbocycles. The number of hydrogen-bond acceptors (Lipinski definition) is 2. The van der Waals surface area contributed by atoms with Crippen LogP contribution >= 0.6 is 0 Å². The normalized spacial score (nSPS) is 11.4. The van der Waals surface area contributed by atoms with Crippen LogP contribution in [0.3, 0.4) is 0 Å². The fourth-order valence-corrected chi connectivity index (χ4v) is 2.51. The summed E-state index contributed by atoms with van der Waals surface area (Å²) in [6.45, 7) is 6.47. The molecule has 0 aromatic heterocycles. The van der Waals surface area contributed by atoms with Crippen molar-refractivity contribution in [2.45, 2.75) is 51.9 Å². The van der Waals surface area contributed by atoms with E-state index in [4.69, 9.17) is 0 Å². The van der Waals surface area contributed by atoms with E-state index in [1.165, 1.54) is 12.8 Å². The van der Waals surface area contributed by atoms with E-state index in [-0.39, 0.29) is 5.41 Å². The fraction of sp³-hybridized carbons (Fsp3) is 0.588. The van der Waals surface area contributed by atoms with E-state index in [1.54, 1.807) is 6.07 Å². The van der Waals surface area contributed by atoms with Crippen molar-refractivity contribution in [3.8, 4) is 0 Å². The van der Waals surface area contributed by atoms with Crippen LogP contribution < -0.4 is 4.90 Å². The summed E-state index contributed by atoms with van der Waals surface area (Å²) < 4.78 is 0. The van der Waals surface area contributed by atoms with Crippen molar-refractivity contribution in [1.29, 1.82) is 0 Å². The molecule has 3 nitrogen and oxygen atoms in total. The summed E-state index contributed by atoms with van der Waals surface area (Å²) in [6, 6.07) is 5.62. The molecule has 0 aliphatic heterocycles. The average Bonchev–Trinajstić information content (AvgIpc) is 2.38. The summed E-state index contributed by atoms with van der Waals surface area (Å²) in [5.41, 5.74) is 2.30. The van der Waals surface area contributed by atoms with E-state index >= 15 is 0 Å². The molecule has 0 amide bonds. The Morgan fingerprint density at radius 1 is 1.25 bits per heavy atom. The Hall–Kier alpha value is -1.51. The molecule has 1 aromatic rings. The Kier molecular flexibility index (Phi) is 5.61. The molecule has 0 heterocycles. The van der Waals surface area contributed by atoms with E-state index in [1.807, 2.05) is 31.1 Å². The van der Waals surface area contributed by atoms with Crippen molar-refractivity contribution in [2.24, 2.45) is 0 Å². The van der Waals surface area contributed by atoms with Crippen LogP contribution in [0.1, 0.15) is 62.4 Å². The summed E-state index contributed by atoms with van der Waals surface area (Å²) in [5.74, 6) is -0.839. The van der Waals surface area contributed by atoms with Crippen molar-refractivity contribution in [3.63, 3.8) is 0 Å². The maximum absolute atomic E-state index is 11.5. The lowest BCUT2D eigenvalue weighted by atomic mass is 9.77. The molecule has 112 valence electrons. The monoisotopic (exact) mass is 277 g/mol. The van der Waals surface area contributed by atoms with Gasteiger partial charge in [-0.25, -0.2) is 4.79 Å². The Morgan fingerprint density at radius 3 is 2.40 bits per heavy atom. The van der Waals surface area contributed by atoms with Gasteiger partial charge in [0.15, 0.2) is 0 Å². The highest BCUT2D eigenvalue weighted by atomic mass is 16.4. The van der Waals surface area contributed by atoms with Gasteiger partial charge in [-0.3, -0.25) is 0 Å². The van der Waals surface area contributed by atoms with E-state index in [0.717, 1.165) is 24.1 Å². The highest BCUT2D eigenvalue weighted by Gasteiger charge is 2.26. The number of carboxylic acids is 1. The third-order valence-electron chi connectivity index (χ3n) is 3.88. The van der Waals surface area contributed by atoms with Crippen LogP contribution in [0.25, 0.3) is 0 Å². The molecule has 1 rings (SSSR count). The van der Waals surface area contributed by atoms with Crippen LogP contribution in [0, 0.1) is 0 Å². The molecule has 0 fully saturated rings. The molecule has 0 bridgehead atoms. The maximum Gasteiger partial charge on any atom is 0.335 e.